The van der Waals surface area contributed by atoms with Gasteiger partial charge in [-0.1, -0.05) is 35.3 Å². The van der Waals surface area contributed by atoms with Crippen molar-refractivity contribution < 1.29 is 17.9 Å². The number of hydrogen-bond donors (Lipinski definition) is 0. The van der Waals surface area contributed by atoms with Gasteiger partial charge in [-0.05, 0) is 54.8 Å². The van der Waals surface area contributed by atoms with E-state index in [1.807, 2.05) is 13.0 Å². The average Bonchev–Trinajstić information content (AvgIpc) is 2.98. The molecule has 1 fully saturated rings. The lowest BCUT2D eigenvalue weighted by Gasteiger charge is -2.28. The molecule has 150 valence electrons. The van der Waals surface area contributed by atoms with Crippen LogP contribution in [0.1, 0.15) is 17.5 Å². The lowest BCUT2D eigenvalue weighted by molar-refractivity contribution is -0.136. The minimum Gasteiger partial charge on any atom is -0.483 e. The number of rotatable bonds is 6. The molecule has 0 aromatic heterocycles. The average molecular weight is 442 g/mol. The maximum Gasteiger partial charge on any atom is 0.261 e. The minimum atomic E-state index is -3.13. The molecule has 1 saturated heterocycles. The summed E-state index contributed by atoms with van der Waals surface area (Å²) in [4.78, 5) is 14.5. The molecule has 0 bridgehead atoms. The van der Waals surface area contributed by atoms with Crippen LogP contribution in [0.15, 0.2) is 42.5 Å². The Labute approximate surface area is 175 Å². The Bertz CT molecular complexity index is 978. The van der Waals surface area contributed by atoms with Crippen molar-refractivity contribution in [1.29, 1.82) is 0 Å². The zero-order chi connectivity index (χ0) is 20.3. The highest BCUT2D eigenvalue weighted by molar-refractivity contribution is 7.91. The van der Waals surface area contributed by atoms with Crippen LogP contribution in [0.25, 0.3) is 0 Å². The Hall–Kier alpha value is -1.76. The van der Waals surface area contributed by atoms with Gasteiger partial charge in [0.2, 0.25) is 0 Å². The van der Waals surface area contributed by atoms with Crippen LogP contribution in [-0.2, 0) is 21.2 Å². The molecule has 0 aliphatic carbocycles. The summed E-state index contributed by atoms with van der Waals surface area (Å²) in [6.07, 6.45) is 0.425. The number of carbonyl (C=O) groups excluding carboxylic acids is 1. The number of sulfone groups is 1. The second-order valence-corrected chi connectivity index (χ2v) is 10.0. The molecule has 0 unspecified atom stereocenters. The Morgan fingerprint density at radius 3 is 2.57 bits per heavy atom. The van der Waals surface area contributed by atoms with Gasteiger partial charge >= 0.3 is 0 Å². The van der Waals surface area contributed by atoms with Crippen molar-refractivity contribution >= 4 is 38.9 Å². The molecule has 2 aromatic rings. The Morgan fingerprint density at radius 1 is 1.18 bits per heavy atom. The van der Waals surface area contributed by atoms with Crippen molar-refractivity contribution in [2.45, 2.75) is 25.9 Å². The normalized spacial score (nSPS) is 18.0. The van der Waals surface area contributed by atoms with E-state index < -0.39 is 9.84 Å². The van der Waals surface area contributed by atoms with E-state index in [9.17, 15) is 13.2 Å². The second-order valence-electron chi connectivity index (χ2n) is 6.91. The van der Waals surface area contributed by atoms with E-state index in [0.29, 0.717) is 22.2 Å². The van der Waals surface area contributed by atoms with Crippen LogP contribution in [-0.4, -0.2) is 43.4 Å². The fourth-order valence-electron chi connectivity index (χ4n) is 3.27. The lowest BCUT2D eigenvalue weighted by atomic mass is 10.1. The molecule has 1 atom stereocenters. The third kappa shape index (κ3) is 5.40. The van der Waals surface area contributed by atoms with Crippen LogP contribution in [0.2, 0.25) is 10.0 Å². The molecule has 1 heterocycles. The van der Waals surface area contributed by atoms with Gasteiger partial charge in [-0.2, -0.15) is 0 Å². The Morgan fingerprint density at radius 2 is 1.93 bits per heavy atom. The Balaban J connectivity index is 1.76. The first kappa shape index (κ1) is 21.0. The van der Waals surface area contributed by atoms with E-state index in [1.54, 1.807) is 41.3 Å². The van der Waals surface area contributed by atoms with E-state index in [-0.39, 0.29) is 36.6 Å². The molecule has 0 spiro atoms. The van der Waals surface area contributed by atoms with Gasteiger partial charge < -0.3 is 9.64 Å². The summed E-state index contributed by atoms with van der Waals surface area (Å²) >= 11 is 12.0. The number of benzene rings is 2. The van der Waals surface area contributed by atoms with Gasteiger partial charge in [0.1, 0.15) is 5.75 Å². The van der Waals surface area contributed by atoms with Crippen LogP contribution in [0.5, 0.6) is 5.75 Å². The highest BCUT2D eigenvalue weighted by Crippen LogP contribution is 2.24. The largest absolute Gasteiger partial charge is 0.483 e. The zero-order valence-corrected chi connectivity index (χ0v) is 17.7. The summed E-state index contributed by atoms with van der Waals surface area (Å²) in [5.74, 6) is 0.365. The lowest BCUT2D eigenvalue weighted by Crippen LogP contribution is -2.43. The fourth-order valence-corrected chi connectivity index (χ4v) is 5.44. The van der Waals surface area contributed by atoms with Crippen molar-refractivity contribution in [3.63, 3.8) is 0 Å². The fraction of sp³-hybridized carbons (Fsp3) is 0.350. The summed E-state index contributed by atoms with van der Waals surface area (Å²) < 4.78 is 29.5. The van der Waals surface area contributed by atoms with Gasteiger partial charge in [-0.3, -0.25) is 4.79 Å². The molecule has 1 aliphatic heterocycles. The number of aryl methyl sites for hydroxylation is 1. The second kappa shape index (κ2) is 8.72. The molecule has 1 aliphatic rings. The first-order valence-electron chi connectivity index (χ1n) is 8.87. The summed E-state index contributed by atoms with van der Waals surface area (Å²) in [6.45, 7) is 1.95. The predicted molar refractivity (Wildman–Crippen MR) is 111 cm³/mol. The number of halogens is 2. The molecule has 0 saturated carbocycles. The molecule has 0 radical (unpaired) electrons. The van der Waals surface area contributed by atoms with Crippen molar-refractivity contribution in [3.8, 4) is 5.75 Å². The Kier molecular flexibility index (Phi) is 6.53. The monoisotopic (exact) mass is 441 g/mol. The first-order valence-corrected chi connectivity index (χ1v) is 11.4. The third-order valence-corrected chi connectivity index (χ3v) is 6.92. The van der Waals surface area contributed by atoms with Crippen molar-refractivity contribution in [2.75, 3.05) is 18.1 Å². The van der Waals surface area contributed by atoms with E-state index in [0.717, 1.165) is 11.1 Å². The van der Waals surface area contributed by atoms with Crippen LogP contribution >= 0.6 is 23.2 Å². The number of hydrogen-bond acceptors (Lipinski definition) is 4. The SMILES string of the molecule is Cc1cc(Cl)ccc1OCC(=O)N(Cc1cccc(Cl)c1)[C@@H]1CCS(=O)(=O)C1. The van der Waals surface area contributed by atoms with Crippen LogP contribution in [0.4, 0.5) is 0 Å². The van der Waals surface area contributed by atoms with E-state index in [1.165, 1.54) is 0 Å². The predicted octanol–water partition coefficient (Wildman–Crippen LogP) is 3.90. The molecule has 8 heteroatoms. The zero-order valence-electron chi connectivity index (χ0n) is 15.4. The van der Waals surface area contributed by atoms with Crippen LogP contribution in [0.3, 0.4) is 0 Å². The van der Waals surface area contributed by atoms with Crippen LogP contribution < -0.4 is 4.74 Å². The van der Waals surface area contributed by atoms with Gasteiger partial charge in [-0.25, -0.2) is 8.42 Å². The van der Waals surface area contributed by atoms with Crippen molar-refractivity contribution in [1.82, 2.24) is 4.90 Å². The molecule has 5 nitrogen and oxygen atoms in total. The van der Waals surface area contributed by atoms with Crippen molar-refractivity contribution in [2.24, 2.45) is 0 Å². The maximum atomic E-state index is 12.9. The van der Waals surface area contributed by atoms with Gasteiger partial charge in [0.05, 0.1) is 11.5 Å². The van der Waals surface area contributed by atoms with Gasteiger partial charge in [0, 0.05) is 22.6 Å². The van der Waals surface area contributed by atoms with Crippen molar-refractivity contribution in [3.05, 3.63) is 63.6 Å². The molecule has 1 amide bonds. The summed E-state index contributed by atoms with van der Waals surface area (Å²) in [6, 6.07) is 12.0. The minimum absolute atomic E-state index is 0.0285. The highest BCUT2D eigenvalue weighted by atomic mass is 35.5. The molecule has 2 aromatic carbocycles. The van der Waals surface area contributed by atoms with E-state index in [2.05, 4.69) is 0 Å². The molecule has 28 heavy (non-hydrogen) atoms. The highest BCUT2D eigenvalue weighted by Gasteiger charge is 2.34. The molecule has 3 rings (SSSR count). The summed E-state index contributed by atoms with van der Waals surface area (Å²) in [7, 11) is -3.13. The molecular weight excluding hydrogens is 421 g/mol. The number of nitrogens with zero attached hydrogens (tertiary/aromatic N) is 1. The van der Waals surface area contributed by atoms with E-state index >= 15 is 0 Å². The summed E-state index contributed by atoms with van der Waals surface area (Å²) in [5, 5.41) is 1.16. The standard InChI is InChI=1S/C20H21Cl2NO4S/c1-14-9-17(22)5-6-19(14)27-12-20(24)23(18-7-8-28(25,26)13-18)11-15-3-2-4-16(21)10-15/h2-6,9-10,18H,7-8,11-13H2,1H3/t18-/m1/s1. The quantitative estimate of drug-likeness (QED) is 0.681. The maximum absolute atomic E-state index is 12.9. The number of amides is 1. The van der Waals surface area contributed by atoms with Gasteiger partial charge in [0.25, 0.3) is 5.91 Å². The summed E-state index contributed by atoms with van der Waals surface area (Å²) in [5.41, 5.74) is 1.66. The number of ether oxygens (including phenoxy) is 1. The molecule has 0 N–H and O–H groups in total. The van der Waals surface area contributed by atoms with Crippen LogP contribution in [0, 0.1) is 6.92 Å². The van der Waals surface area contributed by atoms with Gasteiger partial charge in [-0.15, -0.1) is 0 Å². The van der Waals surface area contributed by atoms with Gasteiger partial charge in [0.15, 0.2) is 16.4 Å². The van der Waals surface area contributed by atoms with E-state index in [4.69, 9.17) is 27.9 Å². The number of carbonyl (C=O) groups is 1. The topological polar surface area (TPSA) is 63.7 Å². The third-order valence-electron chi connectivity index (χ3n) is 4.70. The smallest absolute Gasteiger partial charge is 0.261 e. The first-order chi connectivity index (χ1) is 13.2. The molecular formula is C20H21Cl2NO4S.